The third-order valence-corrected chi connectivity index (χ3v) is 4.19. The molecule has 7 nitrogen and oxygen atoms in total. The number of hydrogen-bond donors (Lipinski definition) is 1. The lowest BCUT2D eigenvalue weighted by atomic mass is 9.92. The van der Waals surface area contributed by atoms with E-state index in [1.54, 1.807) is 31.2 Å². The van der Waals surface area contributed by atoms with Crippen LogP contribution < -0.4 is 5.32 Å². The Balaban J connectivity index is 1.83. The number of halogens is 1. The first-order valence-corrected chi connectivity index (χ1v) is 8.03. The summed E-state index contributed by atoms with van der Waals surface area (Å²) in [4.78, 5) is 30.3. The number of carbonyl (C=O) groups is 2. The number of aryl methyl sites for hydroxylation is 1. The number of benzene rings is 1. The van der Waals surface area contributed by atoms with Gasteiger partial charge in [-0.05, 0) is 31.0 Å². The molecule has 1 saturated heterocycles. The summed E-state index contributed by atoms with van der Waals surface area (Å²) in [7, 11) is 0. The molecule has 1 fully saturated rings. The van der Waals surface area contributed by atoms with Gasteiger partial charge < -0.3 is 9.84 Å². The fourth-order valence-corrected chi connectivity index (χ4v) is 2.84. The van der Waals surface area contributed by atoms with Crippen molar-refractivity contribution in [3.63, 3.8) is 0 Å². The van der Waals surface area contributed by atoms with E-state index >= 15 is 0 Å². The van der Waals surface area contributed by atoms with Crippen molar-refractivity contribution in [2.75, 3.05) is 0 Å². The van der Waals surface area contributed by atoms with Crippen LogP contribution in [0.4, 0.5) is 4.79 Å². The molecule has 126 valence electrons. The maximum absolute atomic E-state index is 12.8. The summed E-state index contributed by atoms with van der Waals surface area (Å²) in [6.07, 6.45) is 1.57. The van der Waals surface area contributed by atoms with Crippen LogP contribution >= 0.6 is 11.6 Å². The van der Waals surface area contributed by atoms with Gasteiger partial charge in [0.15, 0.2) is 5.82 Å². The van der Waals surface area contributed by atoms with E-state index in [-0.39, 0.29) is 18.3 Å². The van der Waals surface area contributed by atoms with Crippen LogP contribution in [0.5, 0.6) is 0 Å². The highest BCUT2D eigenvalue weighted by Crippen LogP contribution is 2.30. The predicted octanol–water partition coefficient (Wildman–Crippen LogP) is 2.64. The Morgan fingerprint density at radius 2 is 2.17 bits per heavy atom. The van der Waals surface area contributed by atoms with E-state index < -0.39 is 11.6 Å². The lowest BCUT2D eigenvalue weighted by Crippen LogP contribution is -2.40. The average Bonchev–Trinajstić information content (AvgIpc) is 3.07. The van der Waals surface area contributed by atoms with Gasteiger partial charge in [0.2, 0.25) is 5.89 Å². The molecular weight excluding hydrogens is 332 g/mol. The van der Waals surface area contributed by atoms with Gasteiger partial charge in [0.05, 0.1) is 0 Å². The first kappa shape index (κ1) is 16.4. The fourth-order valence-electron chi connectivity index (χ4n) is 2.65. The van der Waals surface area contributed by atoms with Gasteiger partial charge in [-0.15, -0.1) is 0 Å². The molecule has 0 spiro atoms. The Kier molecular flexibility index (Phi) is 4.28. The van der Waals surface area contributed by atoms with Gasteiger partial charge >= 0.3 is 6.03 Å². The zero-order valence-corrected chi connectivity index (χ0v) is 14.1. The molecule has 1 aliphatic heterocycles. The Labute approximate surface area is 144 Å². The second-order valence-corrected chi connectivity index (χ2v) is 6.25. The SMILES string of the molecule is CCCc1noc(CN2C(=O)N[C@@](C)(c3cccc(Cl)c3)C2=O)n1. The minimum atomic E-state index is -1.17. The molecular formula is C16H17ClN4O3. The molecule has 0 unspecified atom stereocenters. The van der Waals surface area contributed by atoms with Crippen LogP contribution in [0, 0.1) is 0 Å². The first-order valence-electron chi connectivity index (χ1n) is 7.65. The zero-order valence-electron chi connectivity index (χ0n) is 13.4. The highest BCUT2D eigenvalue weighted by atomic mass is 35.5. The summed E-state index contributed by atoms with van der Waals surface area (Å²) < 4.78 is 5.11. The summed E-state index contributed by atoms with van der Waals surface area (Å²) in [5.74, 6) is 0.416. The number of amides is 3. The molecule has 0 bridgehead atoms. The molecule has 1 aromatic carbocycles. The molecule has 0 saturated carbocycles. The van der Waals surface area contributed by atoms with E-state index in [0.29, 0.717) is 22.8 Å². The number of nitrogens with zero attached hydrogens (tertiary/aromatic N) is 3. The summed E-state index contributed by atoms with van der Waals surface area (Å²) in [5, 5.41) is 7.04. The van der Waals surface area contributed by atoms with Crippen molar-refractivity contribution in [2.45, 2.75) is 38.8 Å². The summed E-state index contributed by atoms with van der Waals surface area (Å²) >= 11 is 6.00. The molecule has 3 amide bonds. The third-order valence-electron chi connectivity index (χ3n) is 3.95. The molecule has 1 aromatic heterocycles. The van der Waals surface area contributed by atoms with Crippen molar-refractivity contribution in [1.29, 1.82) is 0 Å². The number of carbonyl (C=O) groups excluding carboxylic acids is 2. The largest absolute Gasteiger partial charge is 0.337 e. The van der Waals surface area contributed by atoms with Crippen LogP contribution in [0.3, 0.4) is 0 Å². The van der Waals surface area contributed by atoms with Crippen LogP contribution in [0.2, 0.25) is 5.02 Å². The number of nitrogens with one attached hydrogen (secondary N) is 1. The van der Waals surface area contributed by atoms with Crippen LogP contribution in [-0.4, -0.2) is 27.0 Å². The number of imide groups is 1. The fraction of sp³-hybridized carbons (Fsp3) is 0.375. The Morgan fingerprint density at radius 1 is 1.38 bits per heavy atom. The van der Waals surface area contributed by atoms with Crippen LogP contribution in [0.15, 0.2) is 28.8 Å². The number of rotatable bonds is 5. The first-order chi connectivity index (χ1) is 11.4. The lowest BCUT2D eigenvalue weighted by molar-refractivity contribution is -0.131. The van der Waals surface area contributed by atoms with Gasteiger partial charge in [0.25, 0.3) is 5.91 Å². The molecule has 2 aromatic rings. The second-order valence-electron chi connectivity index (χ2n) is 5.81. The van der Waals surface area contributed by atoms with Gasteiger partial charge in [-0.3, -0.25) is 9.69 Å². The van der Waals surface area contributed by atoms with Gasteiger partial charge in [-0.2, -0.15) is 4.98 Å². The number of hydrogen-bond acceptors (Lipinski definition) is 5. The van der Waals surface area contributed by atoms with Crippen LogP contribution in [0.1, 0.15) is 37.5 Å². The summed E-state index contributed by atoms with van der Waals surface area (Å²) in [6.45, 7) is 3.59. The van der Waals surface area contributed by atoms with Gasteiger partial charge in [-0.1, -0.05) is 35.8 Å². The smallest absolute Gasteiger partial charge is 0.325 e. The lowest BCUT2D eigenvalue weighted by Gasteiger charge is -2.22. The van der Waals surface area contributed by atoms with E-state index in [1.807, 2.05) is 6.92 Å². The minimum Gasteiger partial charge on any atom is -0.337 e. The van der Waals surface area contributed by atoms with Crippen molar-refractivity contribution in [1.82, 2.24) is 20.4 Å². The van der Waals surface area contributed by atoms with E-state index in [1.165, 1.54) is 0 Å². The molecule has 0 aliphatic carbocycles. The molecule has 0 radical (unpaired) electrons. The maximum Gasteiger partial charge on any atom is 0.325 e. The van der Waals surface area contributed by atoms with E-state index in [9.17, 15) is 9.59 Å². The van der Waals surface area contributed by atoms with Crippen molar-refractivity contribution in [3.05, 3.63) is 46.6 Å². The Bertz CT molecular complexity index is 791. The molecule has 1 N–H and O–H groups in total. The summed E-state index contributed by atoms with van der Waals surface area (Å²) in [5.41, 5.74) is -0.554. The quantitative estimate of drug-likeness (QED) is 0.839. The Hall–Kier alpha value is -2.41. The molecule has 3 rings (SSSR count). The maximum atomic E-state index is 12.8. The molecule has 24 heavy (non-hydrogen) atoms. The van der Waals surface area contributed by atoms with Crippen LogP contribution in [0.25, 0.3) is 0 Å². The van der Waals surface area contributed by atoms with Crippen molar-refractivity contribution >= 4 is 23.5 Å². The topological polar surface area (TPSA) is 88.3 Å². The highest BCUT2D eigenvalue weighted by molar-refractivity contribution is 6.30. The van der Waals surface area contributed by atoms with Gasteiger partial charge in [0, 0.05) is 11.4 Å². The van der Waals surface area contributed by atoms with E-state index in [4.69, 9.17) is 16.1 Å². The second kappa shape index (κ2) is 6.24. The molecule has 2 heterocycles. The number of urea groups is 1. The van der Waals surface area contributed by atoms with Gasteiger partial charge in [0.1, 0.15) is 12.1 Å². The molecule has 8 heteroatoms. The molecule has 1 aliphatic rings. The van der Waals surface area contributed by atoms with E-state index in [2.05, 4.69) is 15.5 Å². The normalized spacial score (nSPS) is 20.5. The third kappa shape index (κ3) is 2.87. The molecule has 1 atom stereocenters. The predicted molar refractivity (Wildman–Crippen MR) is 86.2 cm³/mol. The highest BCUT2D eigenvalue weighted by Gasteiger charge is 2.49. The standard InChI is InChI=1S/C16H17ClN4O3/c1-3-5-12-18-13(24-20-12)9-21-14(22)16(2,19-15(21)23)10-6-4-7-11(17)8-10/h4,6-8H,3,5,9H2,1-2H3,(H,19,23)/t16-/m0/s1. The van der Waals surface area contributed by atoms with Gasteiger partial charge in [-0.25, -0.2) is 4.79 Å². The summed E-state index contributed by atoms with van der Waals surface area (Å²) in [6, 6.07) is 6.36. The van der Waals surface area contributed by atoms with Crippen molar-refractivity contribution in [3.8, 4) is 0 Å². The van der Waals surface area contributed by atoms with Crippen molar-refractivity contribution in [2.24, 2.45) is 0 Å². The minimum absolute atomic E-state index is 0.0580. The van der Waals surface area contributed by atoms with Crippen LogP contribution in [-0.2, 0) is 23.3 Å². The van der Waals surface area contributed by atoms with E-state index in [0.717, 1.165) is 11.3 Å². The number of aromatic nitrogens is 2. The monoisotopic (exact) mass is 348 g/mol. The average molecular weight is 349 g/mol. The van der Waals surface area contributed by atoms with Crippen molar-refractivity contribution < 1.29 is 14.1 Å². The zero-order chi connectivity index (χ0) is 17.3. The Morgan fingerprint density at radius 3 is 2.88 bits per heavy atom.